The van der Waals surface area contributed by atoms with Gasteiger partial charge < -0.3 is 4.90 Å². The van der Waals surface area contributed by atoms with E-state index in [4.69, 9.17) is 5.10 Å². The highest BCUT2D eigenvalue weighted by Crippen LogP contribution is 2.28. The quantitative estimate of drug-likeness (QED) is 0.385. The maximum Gasteiger partial charge on any atom is 0.155 e. The summed E-state index contributed by atoms with van der Waals surface area (Å²) in [6, 6.07) is 10.4. The Labute approximate surface area is 216 Å². The van der Waals surface area contributed by atoms with Crippen LogP contribution in [-0.2, 0) is 6.54 Å². The van der Waals surface area contributed by atoms with Crippen LogP contribution in [0.25, 0.3) is 16.9 Å². The third-order valence-electron chi connectivity index (χ3n) is 6.18. The number of piperazine rings is 1. The molecule has 35 heavy (non-hydrogen) atoms. The average molecular weight is 516 g/mol. The third-order valence-corrected chi connectivity index (χ3v) is 6.18. The van der Waals surface area contributed by atoms with Crippen molar-refractivity contribution in [3.05, 3.63) is 84.0 Å². The van der Waals surface area contributed by atoms with Gasteiger partial charge in [0.05, 0.1) is 17.6 Å². The van der Waals surface area contributed by atoms with Gasteiger partial charge in [-0.1, -0.05) is 0 Å². The molecule has 0 bridgehead atoms. The van der Waals surface area contributed by atoms with Gasteiger partial charge in [-0.2, -0.15) is 5.10 Å². The van der Waals surface area contributed by atoms with E-state index in [-0.39, 0.29) is 30.6 Å². The Kier molecular flexibility index (Phi) is 8.77. The molecule has 184 valence electrons. The summed E-state index contributed by atoms with van der Waals surface area (Å²) < 4.78 is 15.3. The first-order chi connectivity index (χ1) is 16.1. The predicted octanol–water partition coefficient (Wildman–Crippen LogP) is 4.65. The van der Waals surface area contributed by atoms with E-state index >= 15 is 0 Å². The second-order valence-electron chi connectivity index (χ2n) is 8.27. The Morgan fingerprint density at radius 3 is 2.29 bits per heavy atom. The Morgan fingerprint density at radius 2 is 1.60 bits per heavy atom. The molecule has 1 aromatic carbocycles. The molecule has 1 fully saturated rings. The van der Waals surface area contributed by atoms with Crippen molar-refractivity contribution >= 4 is 30.6 Å². The minimum absolute atomic E-state index is 0. The van der Waals surface area contributed by atoms with E-state index in [1.807, 2.05) is 23.0 Å². The number of hydrogen-bond acceptors (Lipinski definition) is 6. The molecule has 4 heterocycles. The first kappa shape index (κ1) is 26.5. The molecule has 0 saturated carbocycles. The van der Waals surface area contributed by atoms with Crippen molar-refractivity contribution in [2.75, 3.05) is 31.1 Å². The fourth-order valence-electron chi connectivity index (χ4n) is 4.35. The van der Waals surface area contributed by atoms with Crippen LogP contribution >= 0.6 is 24.8 Å². The number of nitrogens with zero attached hydrogens (tertiary/aromatic N) is 7. The molecule has 1 aliphatic heterocycles. The number of pyridine rings is 1. The van der Waals surface area contributed by atoms with Gasteiger partial charge >= 0.3 is 0 Å². The lowest BCUT2D eigenvalue weighted by Crippen LogP contribution is -2.46. The summed E-state index contributed by atoms with van der Waals surface area (Å²) in [6.45, 7) is 8.57. The van der Waals surface area contributed by atoms with Gasteiger partial charge in [-0.05, 0) is 50.2 Å². The molecule has 0 spiro atoms. The molecule has 0 amide bonds. The summed E-state index contributed by atoms with van der Waals surface area (Å²) >= 11 is 0. The molecule has 0 unspecified atom stereocenters. The second kappa shape index (κ2) is 11.6. The van der Waals surface area contributed by atoms with E-state index in [0.717, 1.165) is 66.9 Å². The lowest BCUT2D eigenvalue weighted by molar-refractivity contribution is 0.248. The van der Waals surface area contributed by atoms with Gasteiger partial charge in [0.15, 0.2) is 5.82 Å². The summed E-state index contributed by atoms with van der Waals surface area (Å²) in [5, 5.41) is 4.75. The van der Waals surface area contributed by atoms with Gasteiger partial charge in [0.25, 0.3) is 0 Å². The highest BCUT2D eigenvalue weighted by Gasteiger charge is 2.23. The van der Waals surface area contributed by atoms with Gasteiger partial charge in [0.1, 0.15) is 11.5 Å². The van der Waals surface area contributed by atoms with Crippen LogP contribution in [0.2, 0.25) is 0 Å². The van der Waals surface area contributed by atoms with Crippen LogP contribution in [0.3, 0.4) is 0 Å². The molecule has 4 aromatic rings. The number of hydrogen-bond donors (Lipinski definition) is 0. The molecule has 0 radical (unpaired) electrons. The van der Waals surface area contributed by atoms with Crippen LogP contribution in [0.4, 0.5) is 10.2 Å². The SMILES string of the molecule is Cc1nn(-c2cccnc2)c(C)c1CN1CCN(c2nccnc2-c2ccc(F)cc2)CC1.Cl.Cl. The number of aromatic nitrogens is 5. The third kappa shape index (κ3) is 5.61. The number of halogens is 3. The topological polar surface area (TPSA) is 63.0 Å². The maximum absolute atomic E-state index is 13.4. The first-order valence-corrected chi connectivity index (χ1v) is 11.1. The summed E-state index contributed by atoms with van der Waals surface area (Å²) in [5.41, 5.74) is 6.09. The Hall–Kier alpha value is -3.07. The van der Waals surface area contributed by atoms with E-state index in [0.29, 0.717) is 0 Å². The van der Waals surface area contributed by atoms with Crippen molar-refractivity contribution in [3.8, 4) is 16.9 Å². The van der Waals surface area contributed by atoms with Crippen LogP contribution in [-0.4, -0.2) is 55.8 Å². The normalized spacial score (nSPS) is 13.7. The zero-order chi connectivity index (χ0) is 22.8. The minimum Gasteiger partial charge on any atom is -0.352 e. The van der Waals surface area contributed by atoms with Crippen molar-refractivity contribution < 1.29 is 4.39 Å². The minimum atomic E-state index is -0.254. The predicted molar refractivity (Wildman–Crippen MR) is 140 cm³/mol. The van der Waals surface area contributed by atoms with Gasteiger partial charge in [0, 0.05) is 68.1 Å². The molecule has 0 N–H and O–H groups in total. The fourth-order valence-corrected chi connectivity index (χ4v) is 4.35. The second-order valence-corrected chi connectivity index (χ2v) is 8.27. The summed E-state index contributed by atoms with van der Waals surface area (Å²) in [4.78, 5) is 18.1. The van der Waals surface area contributed by atoms with Crippen molar-refractivity contribution in [2.24, 2.45) is 0 Å². The van der Waals surface area contributed by atoms with E-state index < -0.39 is 0 Å². The van der Waals surface area contributed by atoms with E-state index in [2.05, 4.69) is 38.6 Å². The van der Waals surface area contributed by atoms with Crippen LogP contribution in [0.5, 0.6) is 0 Å². The van der Waals surface area contributed by atoms with Crippen LogP contribution in [0.1, 0.15) is 17.0 Å². The molecule has 10 heteroatoms. The first-order valence-electron chi connectivity index (χ1n) is 11.1. The van der Waals surface area contributed by atoms with Crippen molar-refractivity contribution in [2.45, 2.75) is 20.4 Å². The van der Waals surface area contributed by atoms with Crippen molar-refractivity contribution in [1.29, 1.82) is 0 Å². The number of rotatable bonds is 5. The highest BCUT2D eigenvalue weighted by molar-refractivity contribution is 5.85. The lowest BCUT2D eigenvalue weighted by atomic mass is 10.1. The molecule has 1 saturated heterocycles. The van der Waals surface area contributed by atoms with Crippen molar-refractivity contribution in [1.82, 2.24) is 29.6 Å². The highest BCUT2D eigenvalue weighted by atomic mass is 35.5. The monoisotopic (exact) mass is 515 g/mol. The maximum atomic E-state index is 13.4. The summed E-state index contributed by atoms with van der Waals surface area (Å²) in [7, 11) is 0. The standard InChI is InChI=1S/C25H26FN7.2ClH/c1-18-23(19(2)33(30-18)22-4-3-9-27-16-22)17-31-12-14-32(15-13-31)25-24(28-10-11-29-25)20-5-7-21(26)8-6-20;;/h3-11,16H,12-15,17H2,1-2H3;2*1H. The summed E-state index contributed by atoms with van der Waals surface area (Å²) in [5.74, 6) is 0.593. The molecule has 3 aromatic heterocycles. The van der Waals surface area contributed by atoms with Crippen molar-refractivity contribution in [3.63, 3.8) is 0 Å². The Morgan fingerprint density at radius 1 is 0.886 bits per heavy atom. The molecule has 0 aliphatic carbocycles. The number of benzene rings is 1. The smallest absolute Gasteiger partial charge is 0.155 e. The molecule has 5 rings (SSSR count). The van der Waals surface area contributed by atoms with Crippen LogP contribution in [0.15, 0.2) is 61.2 Å². The van der Waals surface area contributed by atoms with Crippen LogP contribution < -0.4 is 4.90 Å². The van der Waals surface area contributed by atoms with Crippen LogP contribution in [0, 0.1) is 19.7 Å². The number of anilines is 1. The molecule has 0 atom stereocenters. The average Bonchev–Trinajstić information content (AvgIpc) is 3.14. The zero-order valence-electron chi connectivity index (χ0n) is 19.6. The number of aryl methyl sites for hydroxylation is 1. The zero-order valence-corrected chi connectivity index (χ0v) is 21.3. The molecular formula is C25H28Cl2FN7. The molecule has 1 aliphatic rings. The van der Waals surface area contributed by atoms with Gasteiger partial charge in [-0.3, -0.25) is 14.9 Å². The fraction of sp³-hybridized carbons (Fsp3) is 0.280. The summed E-state index contributed by atoms with van der Waals surface area (Å²) in [6.07, 6.45) is 7.01. The largest absolute Gasteiger partial charge is 0.352 e. The van der Waals surface area contributed by atoms with E-state index in [1.165, 1.54) is 17.7 Å². The lowest BCUT2D eigenvalue weighted by Gasteiger charge is -2.36. The molecule has 7 nitrogen and oxygen atoms in total. The Bertz CT molecular complexity index is 1240. The molecular weight excluding hydrogens is 488 g/mol. The van der Waals surface area contributed by atoms with Gasteiger partial charge in [-0.15, -0.1) is 24.8 Å². The Balaban J connectivity index is 0.00000171. The van der Waals surface area contributed by atoms with E-state index in [1.54, 1.807) is 30.7 Å². The van der Waals surface area contributed by atoms with E-state index in [9.17, 15) is 4.39 Å². The van der Waals surface area contributed by atoms with Gasteiger partial charge in [0.2, 0.25) is 0 Å². The van der Waals surface area contributed by atoms with Gasteiger partial charge in [-0.25, -0.2) is 14.1 Å².